The first kappa shape index (κ1) is 25.2. The van der Waals surface area contributed by atoms with E-state index < -0.39 is 27.9 Å². The Hall–Kier alpha value is -3.09. The van der Waals surface area contributed by atoms with Crippen molar-refractivity contribution < 1.29 is 18.0 Å². The Morgan fingerprint density at radius 1 is 1.12 bits per heavy atom. The van der Waals surface area contributed by atoms with E-state index in [0.717, 1.165) is 6.26 Å². The fourth-order valence-corrected chi connectivity index (χ4v) is 3.94. The van der Waals surface area contributed by atoms with Gasteiger partial charge in [-0.3, -0.25) is 14.3 Å². The number of sulfonamides is 1. The predicted molar refractivity (Wildman–Crippen MR) is 125 cm³/mol. The summed E-state index contributed by atoms with van der Waals surface area (Å²) in [5, 5.41) is 14.1. The van der Waals surface area contributed by atoms with E-state index in [0.29, 0.717) is 23.2 Å². The van der Waals surface area contributed by atoms with Crippen LogP contribution in [0.25, 0.3) is 11.1 Å². The first-order valence-electron chi connectivity index (χ1n) is 9.84. The number of halogens is 1. The number of benzene rings is 2. The van der Waals surface area contributed by atoms with Crippen molar-refractivity contribution in [3.05, 3.63) is 53.1 Å². The molecule has 0 saturated heterocycles. The second-order valence-corrected chi connectivity index (χ2v) is 9.80. The van der Waals surface area contributed by atoms with Gasteiger partial charge in [-0.05, 0) is 30.5 Å². The smallest absolute Gasteiger partial charge is 0.251 e. The summed E-state index contributed by atoms with van der Waals surface area (Å²) in [6.07, 6.45) is 1.46. The Bertz CT molecular complexity index is 1140. The van der Waals surface area contributed by atoms with Crippen LogP contribution >= 0.6 is 11.6 Å². The van der Waals surface area contributed by atoms with E-state index in [4.69, 9.17) is 16.9 Å². The fraction of sp³-hybridized carbons (Fsp3) is 0.318. The zero-order valence-corrected chi connectivity index (χ0v) is 19.5. The van der Waals surface area contributed by atoms with E-state index >= 15 is 0 Å². The molecule has 2 aromatic rings. The van der Waals surface area contributed by atoms with Crippen LogP contribution in [0.4, 0.5) is 5.69 Å². The van der Waals surface area contributed by atoms with Crippen LogP contribution in [0.3, 0.4) is 0 Å². The second kappa shape index (κ2) is 11.0. The summed E-state index contributed by atoms with van der Waals surface area (Å²) in [7, 11) is -3.50. The van der Waals surface area contributed by atoms with Gasteiger partial charge in [-0.15, -0.1) is 0 Å². The van der Waals surface area contributed by atoms with Crippen LogP contribution in [-0.4, -0.2) is 39.1 Å². The standard InChI is InChI=1S/C22H25ClN4O4S/c1-14(2)12-20(22(29)25-11-10-24)26-21(28)15-8-9-16(18(23)13-15)17-6-4-5-7-19(17)27-32(3,30)31/h4-9,13-14,20,27H,11-12H2,1-3H3,(H,25,29)(H,26,28)/t20-/m0/s1. The zero-order valence-electron chi connectivity index (χ0n) is 18.0. The molecule has 0 aliphatic carbocycles. The van der Waals surface area contributed by atoms with Crippen molar-refractivity contribution in [3.63, 3.8) is 0 Å². The van der Waals surface area contributed by atoms with E-state index in [1.54, 1.807) is 36.4 Å². The maximum atomic E-state index is 12.8. The summed E-state index contributed by atoms with van der Waals surface area (Å²) in [5.74, 6) is -0.784. The second-order valence-electron chi connectivity index (χ2n) is 7.65. The Morgan fingerprint density at radius 2 is 1.81 bits per heavy atom. The van der Waals surface area contributed by atoms with Crippen molar-refractivity contribution in [1.82, 2.24) is 10.6 Å². The third-order valence-corrected chi connectivity index (χ3v) is 5.32. The van der Waals surface area contributed by atoms with Gasteiger partial charge in [0, 0.05) is 21.7 Å². The summed E-state index contributed by atoms with van der Waals surface area (Å²) in [6.45, 7) is 3.69. The number of hydrogen-bond acceptors (Lipinski definition) is 5. The molecule has 170 valence electrons. The molecule has 0 unspecified atom stereocenters. The molecule has 0 saturated carbocycles. The minimum Gasteiger partial charge on any atom is -0.341 e. The number of amides is 2. The van der Waals surface area contributed by atoms with Crippen molar-refractivity contribution in [2.45, 2.75) is 26.3 Å². The van der Waals surface area contributed by atoms with Gasteiger partial charge in [0.15, 0.2) is 0 Å². The number of nitriles is 1. The van der Waals surface area contributed by atoms with Crippen molar-refractivity contribution in [2.75, 3.05) is 17.5 Å². The van der Waals surface area contributed by atoms with Gasteiger partial charge in [0.2, 0.25) is 15.9 Å². The van der Waals surface area contributed by atoms with Crippen LogP contribution in [0.2, 0.25) is 5.02 Å². The number of nitrogens with one attached hydrogen (secondary N) is 3. The van der Waals surface area contributed by atoms with Crippen molar-refractivity contribution in [3.8, 4) is 17.2 Å². The van der Waals surface area contributed by atoms with Gasteiger partial charge in [0.05, 0.1) is 18.0 Å². The minimum atomic E-state index is -3.50. The van der Waals surface area contributed by atoms with E-state index in [-0.39, 0.29) is 23.0 Å². The lowest BCUT2D eigenvalue weighted by atomic mass is 10.0. The highest BCUT2D eigenvalue weighted by Gasteiger charge is 2.23. The first-order valence-corrected chi connectivity index (χ1v) is 12.1. The summed E-state index contributed by atoms with van der Waals surface area (Å²) >= 11 is 6.43. The lowest BCUT2D eigenvalue weighted by Gasteiger charge is -2.20. The van der Waals surface area contributed by atoms with Crippen LogP contribution in [0.1, 0.15) is 30.6 Å². The van der Waals surface area contributed by atoms with Crippen LogP contribution in [0.5, 0.6) is 0 Å². The first-order chi connectivity index (χ1) is 15.0. The van der Waals surface area contributed by atoms with Crippen LogP contribution in [0, 0.1) is 17.2 Å². The van der Waals surface area contributed by atoms with Gasteiger partial charge >= 0.3 is 0 Å². The summed E-state index contributed by atoms with van der Waals surface area (Å²) in [4.78, 5) is 25.1. The lowest BCUT2D eigenvalue weighted by molar-refractivity contribution is -0.123. The van der Waals surface area contributed by atoms with Gasteiger partial charge < -0.3 is 10.6 Å². The molecule has 0 aliphatic heterocycles. The number of anilines is 1. The monoisotopic (exact) mass is 476 g/mol. The molecule has 32 heavy (non-hydrogen) atoms. The van der Waals surface area contributed by atoms with Gasteiger partial charge in [-0.2, -0.15) is 5.26 Å². The average molecular weight is 477 g/mol. The number of nitrogens with zero attached hydrogens (tertiary/aromatic N) is 1. The molecule has 1 atom stereocenters. The summed E-state index contributed by atoms with van der Waals surface area (Å²) < 4.78 is 25.8. The Morgan fingerprint density at radius 3 is 2.41 bits per heavy atom. The Kier molecular flexibility index (Phi) is 8.63. The van der Waals surface area contributed by atoms with E-state index in [1.807, 2.05) is 19.9 Å². The molecule has 0 heterocycles. The van der Waals surface area contributed by atoms with E-state index in [9.17, 15) is 18.0 Å². The highest BCUT2D eigenvalue weighted by atomic mass is 35.5. The molecule has 10 heteroatoms. The molecule has 8 nitrogen and oxygen atoms in total. The minimum absolute atomic E-state index is 0.137. The number of carbonyl (C=O) groups is 2. The summed E-state index contributed by atoms with van der Waals surface area (Å²) in [6, 6.07) is 12.4. The molecule has 3 N–H and O–H groups in total. The van der Waals surface area contributed by atoms with Crippen LogP contribution < -0.4 is 15.4 Å². The molecule has 2 aromatic carbocycles. The van der Waals surface area contributed by atoms with Crippen molar-refractivity contribution in [2.24, 2.45) is 5.92 Å². The predicted octanol–water partition coefficient (Wildman–Crippen LogP) is 3.16. The largest absolute Gasteiger partial charge is 0.341 e. The Labute approximate surface area is 193 Å². The maximum Gasteiger partial charge on any atom is 0.251 e. The third-order valence-electron chi connectivity index (χ3n) is 4.41. The molecule has 0 radical (unpaired) electrons. The van der Waals surface area contributed by atoms with Crippen LogP contribution in [0.15, 0.2) is 42.5 Å². The number of rotatable bonds is 9. The highest BCUT2D eigenvalue weighted by molar-refractivity contribution is 7.92. The van der Waals surface area contributed by atoms with Gasteiger partial charge in [-0.25, -0.2) is 8.42 Å². The molecular weight excluding hydrogens is 452 g/mol. The third kappa shape index (κ3) is 7.25. The molecule has 0 aliphatic rings. The lowest BCUT2D eigenvalue weighted by Crippen LogP contribution is -2.47. The molecule has 0 aromatic heterocycles. The molecule has 2 rings (SSSR count). The Balaban J connectivity index is 2.29. The number of para-hydroxylation sites is 1. The molecule has 0 spiro atoms. The summed E-state index contributed by atoms with van der Waals surface area (Å²) in [5.41, 5.74) is 1.71. The highest BCUT2D eigenvalue weighted by Crippen LogP contribution is 2.34. The quantitative estimate of drug-likeness (QED) is 0.479. The zero-order chi connectivity index (χ0) is 23.9. The maximum absolute atomic E-state index is 12.8. The SMILES string of the molecule is CC(C)C[C@H](NC(=O)c1ccc(-c2ccccc2NS(C)(=O)=O)c(Cl)c1)C(=O)NCC#N. The fourth-order valence-electron chi connectivity index (χ4n) is 3.08. The average Bonchev–Trinajstić information content (AvgIpc) is 2.70. The molecular formula is C22H25ClN4O4S. The van der Waals surface area contributed by atoms with Gasteiger partial charge in [-0.1, -0.05) is 49.7 Å². The van der Waals surface area contributed by atoms with E-state index in [1.165, 1.54) is 6.07 Å². The number of carbonyl (C=O) groups excluding carboxylic acids is 2. The normalized spacial score (nSPS) is 12.0. The van der Waals surface area contributed by atoms with E-state index in [2.05, 4.69) is 15.4 Å². The van der Waals surface area contributed by atoms with Gasteiger partial charge in [0.25, 0.3) is 5.91 Å². The topological polar surface area (TPSA) is 128 Å². The molecule has 0 bridgehead atoms. The number of hydrogen-bond donors (Lipinski definition) is 3. The van der Waals surface area contributed by atoms with Crippen LogP contribution in [-0.2, 0) is 14.8 Å². The molecule has 2 amide bonds. The molecule has 0 fully saturated rings. The van der Waals surface area contributed by atoms with Crippen molar-refractivity contribution in [1.29, 1.82) is 5.26 Å². The van der Waals surface area contributed by atoms with Gasteiger partial charge in [0.1, 0.15) is 12.6 Å². The van der Waals surface area contributed by atoms with Crippen molar-refractivity contribution >= 4 is 39.1 Å².